The van der Waals surface area contributed by atoms with Gasteiger partial charge in [0.05, 0.1) is 5.69 Å². The second kappa shape index (κ2) is 5.06. The number of nitrogens with one attached hydrogen (secondary N) is 2. The molecule has 1 aromatic heterocycles. The molecule has 6 N–H and O–H groups in total. The minimum Gasteiger partial charge on any atom is -0.398 e. The van der Waals surface area contributed by atoms with Gasteiger partial charge in [-0.15, -0.1) is 0 Å². The maximum Gasteiger partial charge on any atom is 0.261 e. The van der Waals surface area contributed by atoms with E-state index >= 15 is 0 Å². The number of rotatable bonds is 2. The molecule has 6 heteroatoms. The lowest BCUT2D eigenvalue weighted by Crippen LogP contribution is -2.25. The van der Waals surface area contributed by atoms with E-state index in [0.717, 1.165) is 6.54 Å². The average Bonchev–Trinajstić information content (AvgIpc) is 2.80. The van der Waals surface area contributed by atoms with E-state index in [1.165, 1.54) is 17.3 Å². The van der Waals surface area contributed by atoms with Gasteiger partial charge in [0.2, 0.25) is 0 Å². The maximum absolute atomic E-state index is 11.8. The Morgan fingerprint density at radius 1 is 1.38 bits per heavy atom. The molecular formula is C15H17N5O. The predicted octanol–water partition coefficient (Wildman–Crippen LogP) is 1.16. The van der Waals surface area contributed by atoms with Crippen LogP contribution in [0.5, 0.6) is 0 Å². The van der Waals surface area contributed by atoms with Gasteiger partial charge in [-0.05, 0) is 36.2 Å². The molecule has 0 saturated carbocycles. The van der Waals surface area contributed by atoms with Crippen LogP contribution < -0.4 is 22.3 Å². The number of nitrogen functional groups attached to an aromatic ring is 1. The average molecular weight is 283 g/mol. The Hall–Kier alpha value is -2.60. The van der Waals surface area contributed by atoms with E-state index in [2.05, 4.69) is 22.2 Å². The topological polar surface area (TPSA) is 109 Å². The van der Waals surface area contributed by atoms with Crippen LogP contribution in [0, 0.1) is 0 Å². The molecule has 1 aromatic carbocycles. The van der Waals surface area contributed by atoms with Crippen molar-refractivity contribution in [2.45, 2.75) is 19.5 Å². The molecular weight excluding hydrogens is 266 g/mol. The molecule has 0 aliphatic carbocycles. The molecule has 6 nitrogen and oxygen atoms in total. The number of pyridine rings is 1. The number of benzene rings is 1. The molecule has 0 spiro atoms. The van der Waals surface area contributed by atoms with Crippen LogP contribution in [0.2, 0.25) is 0 Å². The quantitative estimate of drug-likeness (QED) is 0.489. The van der Waals surface area contributed by atoms with Crippen molar-refractivity contribution in [3.05, 3.63) is 57.5 Å². The molecule has 2 aromatic rings. The lowest BCUT2D eigenvalue weighted by molar-refractivity contribution is 0.633. The third-order valence-electron chi connectivity index (χ3n) is 3.69. The molecule has 1 unspecified atom stereocenters. The SMILES string of the molecule is CC1NCc2cc(N=C(N)c3c(N)cc[nH]c3=O)ccc21. The van der Waals surface area contributed by atoms with Gasteiger partial charge in [-0.2, -0.15) is 0 Å². The Morgan fingerprint density at radius 3 is 2.95 bits per heavy atom. The van der Waals surface area contributed by atoms with Gasteiger partial charge in [-0.1, -0.05) is 6.07 Å². The van der Waals surface area contributed by atoms with Crippen molar-refractivity contribution < 1.29 is 0 Å². The highest BCUT2D eigenvalue weighted by atomic mass is 16.1. The van der Waals surface area contributed by atoms with Crippen molar-refractivity contribution in [3.8, 4) is 0 Å². The monoisotopic (exact) mass is 283 g/mol. The normalized spacial score (nSPS) is 17.8. The molecule has 0 bridgehead atoms. The van der Waals surface area contributed by atoms with Crippen molar-refractivity contribution in [1.82, 2.24) is 10.3 Å². The summed E-state index contributed by atoms with van der Waals surface area (Å²) in [6, 6.07) is 7.84. The van der Waals surface area contributed by atoms with E-state index in [1.54, 1.807) is 6.07 Å². The molecule has 1 atom stereocenters. The number of aromatic nitrogens is 1. The molecule has 108 valence electrons. The molecule has 3 rings (SSSR count). The van der Waals surface area contributed by atoms with E-state index < -0.39 is 0 Å². The van der Waals surface area contributed by atoms with Crippen LogP contribution in [0.3, 0.4) is 0 Å². The number of H-pyrrole nitrogens is 1. The Balaban J connectivity index is 2.01. The van der Waals surface area contributed by atoms with Gasteiger partial charge in [0, 0.05) is 24.5 Å². The second-order valence-corrected chi connectivity index (χ2v) is 5.12. The third kappa shape index (κ3) is 2.41. The highest BCUT2D eigenvalue weighted by Gasteiger charge is 2.17. The van der Waals surface area contributed by atoms with Crippen molar-refractivity contribution in [2.24, 2.45) is 10.7 Å². The van der Waals surface area contributed by atoms with Gasteiger partial charge in [0.1, 0.15) is 11.4 Å². The smallest absolute Gasteiger partial charge is 0.261 e. The molecule has 0 amide bonds. The number of nitrogens with zero attached hydrogens (tertiary/aromatic N) is 1. The standard InChI is InChI=1S/C15H17N5O/c1-8-11-3-2-10(6-9(11)7-19-8)20-14(17)13-12(16)4-5-18-15(13)21/h2-6,8,19H,7H2,1H3,(H2,17,20)(H3,16,18,21). The van der Waals surface area contributed by atoms with Gasteiger partial charge < -0.3 is 21.8 Å². The highest BCUT2D eigenvalue weighted by molar-refractivity contribution is 6.02. The fourth-order valence-corrected chi connectivity index (χ4v) is 2.56. The van der Waals surface area contributed by atoms with Crippen molar-refractivity contribution in [1.29, 1.82) is 0 Å². The Kier molecular flexibility index (Phi) is 3.23. The summed E-state index contributed by atoms with van der Waals surface area (Å²) in [4.78, 5) is 18.7. The Labute approximate surface area is 121 Å². The summed E-state index contributed by atoms with van der Waals surface area (Å²) >= 11 is 0. The van der Waals surface area contributed by atoms with Crippen LogP contribution in [0.15, 0.2) is 40.2 Å². The lowest BCUT2D eigenvalue weighted by Gasteiger charge is -2.06. The fraction of sp³-hybridized carbons (Fsp3) is 0.200. The first-order valence-corrected chi connectivity index (χ1v) is 6.74. The van der Waals surface area contributed by atoms with Crippen LogP contribution in [0.1, 0.15) is 29.7 Å². The molecule has 0 saturated heterocycles. The molecule has 21 heavy (non-hydrogen) atoms. The summed E-state index contributed by atoms with van der Waals surface area (Å²) < 4.78 is 0. The first-order valence-electron chi connectivity index (χ1n) is 6.74. The summed E-state index contributed by atoms with van der Waals surface area (Å²) in [5.74, 6) is 0.119. The summed E-state index contributed by atoms with van der Waals surface area (Å²) in [6.07, 6.45) is 1.48. The number of nitrogens with two attached hydrogens (primary N) is 2. The summed E-state index contributed by atoms with van der Waals surface area (Å²) in [5, 5.41) is 3.36. The number of aliphatic imine (C=N–C) groups is 1. The van der Waals surface area contributed by atoms with Gasteiger partial charge in [-0.3, -0.25) is 4.79 Å². The fourth-order valence-electron chi connectivity index (χ4n) is 2.56. The zero-order valence-corrected chi connectivity index (χ0v) is 11.7. The lowest BCUT2D eigenvalue weighted by atomic mass is 10.1. The summed E-state index contributed by atoms with van der Waals surface area (Å²) in [5.41, 5.74) is 15.1. The van der Waals surface area contributed by atoms with Crippen molar-refractivity contribution >= 4 is 17.2 Å². The minimum absolute atomic E-state index is 0.119. The van der Waals surface area contributed by atoms with Gasteiger partial charge in [0.15, 0.2) is 0 Å². The Morgan fingerprint density at radius 2 is 2.19 bits per heavy atom. The highest BCUT2D eigenvalue weighted by Crippen LogP contribution is 2.28. The van der Waals surface area contributed by atoms with Crippen LogP contribution >= 0.6 is 0 Å². The number of fused-ring (bicyclic) bond motifs is 1. The predicted molar refractivity (Wildman–Crippen MR) is 83.6 cm³/mol. The summed E-state index contributed by atoms with van der Waals surface area (Å²) in [6.45, 7) is 2.93. The number of amidine groups is 1. The first kappa shape index (κ1) is 13.4. The van der Waals surface area contributed by atoms with E-state index in [1.807, 2.05) is 18.2 Å². The third-order valence-corrected chi connectivity index (χ3v) is 3.69. The molecule has 1 aliphatic heterocycles. The van der Waals surface area contributed by atoms with Gasteiger partial charge in [-0.25, -0.2) is 4.99 Å². The van der Waals surface area contributed by atoms with Crippen LogP contribution in [0.4, 0.5) is 11.4 Å². The van der Waals surface area contributed by atoms with E-state index in [4.69, 9.17) is 11.5 Å². The van der Waals surface area contributed by atoms with Gasteiger partial charge >= 0.3 is 0 Å². The van der Waals surface area contributed by atoms with Crippen LogP contribution in [-0.4, -0.2) is 10.8 Å². The minimum atomic E-state index is -0.340. The first-order chi connectivity index (χ1) is 10.1. The van der Waals surface area contributed by atoms with E-state index in [-0.39, 0.29) is 17.0 Å². The molecule has 0 radical (unpaired) electrons. The number of hydrogen-bond donors (Lipinski definition) is 4. The van der Waals surface area contributed by atoms with Crippen molar-refractivity contribution in [2.75, 3.05) is 5.73 Å². The van der Waals surface area contributed by atoms with Crippen LogP contribution in [-0.2, 0) is 6.54 Å². The van der Waals surface area contributed by atoms with E-state index in [0.29, 0.717) is 17.4 Å². The molecule has 2 heterocycles. The van der Waals surface area contributed by atoms with E-state index in [9.17, 15) is 4.79 Å². The molecule has 0 fully saturated rings. The maximum atomic E-state index is 11.8. The second-order valence-electron chi connectivity index (χ2n) is 5.12. The van der Waals surface area contributed by atoms with Crippen molar-refractivity contribution in [3.63, 3.8) is 0 Å². The zero-order valence-electron chi connectivity index (χ0n) is 11.7. The summed E-state index contributed by atoms with van der Waals surface area (Å²) in [7, 11) is 0. The van der Waals surface area contributed by atoms with Gasteiger partial charge in [0.25, 0.3) is 5.56 Å². The number of hydrogen-bond acceptors (Lipinski definition) is 4. The Bertz CT molecular complexity index is 778. The largest absolute Gasteiger partial charge is 0.398 e. The van der Waals surface area contributed by atoms with Crippen LogP contribution in [0.25, 0.3) is 0 Å². The molecule has 1 aliphatic rings. The number of aromatic amines is 1. The zero-order chi connectivity index (χ0) is 15.0. The number of anilines is 1.